The predicted octanol–water partition coefficient (Wildman–Crippen LogP) is 4.30. The van der Waals surface area contributed by atoms with Gasteiger partial charge in [-0.05, 0) is 41.3 Å². The maximum absolute atomic E-state index is 10.7. The highest BCUT2D eigenvalue weighted by atomic mass is 16.7. The summed E-state index contributed by atoms with van der Waals surface area (Å²) >= 11 is 0. The van der Waals surface area contributed by atoms with Crippen molar-refractivity contribution in [1.82, 2.24) is 4.90 Å². The average molecular weight is 420 g/mol. The molecule has 5 heteroatoms. The molecule has 4 rings (SSSR count). The molecule has 1 aliphatic heterocycles. The van der Waals surface area contributed by atoms with Gasteiger partial charge in [0.1, 0.15) is 0 Å². The number of aliphatic hydroxyl groups excluding tert-OH is 1. The van der Waals surface area contributed by atoms with Crippen molar-refractivity contribution in [1.29, 1.82) is 0 Å². The highest BCUT2D eigenvalue weighted by Crippen LogP contribution is 2.33. The number of hydrogen-bond acceptors (Lipinski definition) is 5. The molecular formula is C26H29NO4. The van der Waals surface area contributed by atoms with Crippen LogP contribution >= 0.6 is 0 Å². The Morgan fingerprint density at radius 2 is 1.68 bits per heavy atom. The van der Waals surface area contributed by atoms with E-state index in [1.165, 1.54) is 11.1 Å². The predicted molar refractivity (Wildman–Crippen MR) is 120 cm³/mol. The van der Waals surface area contributed by atoms with Gasteiger partial charge in [-0.2, -0.15) is 0 Å². The zero-order valence-electron chi connectivity index (χ0n) is 17.9. The highest BCUT2D eigenvalue weighted by Gasteiger charge is 2.17. The van der Waals surface area contributed by atoms with E-state index in [1.54, 1.807) is 0 Å². The molecule has 0 radical (unpaired) electrons. The van der Waals surface area contributed by atoms with Crippen LogP contribution in [0, 0.1) is 6.92 Å². The lowest BCUT2D eigenvalue weighted by atomic mass is 10.1. The van der Waals surface area contributed by atoms with Gasteiger partial charge in [-0.3, -0.25) is 4.90 Å². The van der Waals surface area contributed by atoms with Crippen LogP contribution in [0.15, 0.2) is 72.8 Å². The number of fused-ring (bicyclic) bond motifs is 1. The van der Waals surface area contributed by atoms with Crippen molar-refractivity contribution < 1.29 is 19.3 Å². The molecule has 0 saturated heterocycles. The highest BCUT2D eigenvalue weighted by molar-refractivity contribution is 5.44. The SMILES string of the molecule is Cc1ccccc1CN(Cc1ccc2c(c1)OCO2)CC(O)COCc1ccccc1. The van der Waals surface area contributed by atoms with Crippen molar-refractivity contribution >= 4 is 0 Å². The van der Waals surface area contributed by atoms with Gasteiger partial charge in [-0.25, -0.2) is 0 Å². The van der Waals surface area contributed by atoms with Crippen LogP contribution in [-0.2, 0) is 24.4 Å². The van der Waals surface area contributed by atoms with Crippen molar-refractivity contribution in [3.63, 3.8) is 0 Å². The summed E-state index contributed by atoms with van der Waals surface area (Å²) in [7, 11) is 0. The molecule has 0 spiro atoms. The molecule has 3 aromatic rings. The number of aliphatic hydroxyl groups is 1. The van der Waals surface area contributed by atoms with E-state index in [9.17, 15) is 5.11 Å². The lowest BCUT2D eigenvalue weighted by Gasteiger charge is -2.26. The van der Waals surface area contributed by atoms with Crippen LogP contribution in [0.2, 0.25) is 0 Å². The summed E-state index contributed by atoms with van der Waals surface area (Å²) < 4.78 is 16.7. The van der Waals surface area contributed by atoms with Gasteiger partial charge in [-0.15, -0.1) is 0 Å². The van der Waals surface area contributed by atoms with Crippen molar-refractivity contribution in [2.45, 2.75) is 32.7 Å². The molecule has 1 heterocycles. The lowest BCUT2D eigenvalue weighted by molar-refractivity contribution is 0.00709. The zero-order chi connectivity index (χ0) is 21.5. The Kier molecular flexibility index (Phi) is 7.20. The molecule has 0 amide bonds. The Balaban J connectivity index is 1.39. The number of nitrogens with zero attached hydrogens (tertiary/aromatic N) is 1. The minimum absolute atomic E-state index is 0.267. The molecule has 0 aliphatic carbocycles. The topological polar surface area (TPSA) is 51.2 Å². The van der Waals surface area contributed by atoms with Gasteiger partial charge in [0.15, 0.2) is 11.5 Å². The molecule has 31 heavy (non-hydrogen) atoms. The standard InChI is InChI=1S/C26H29NO4/c1-20-7-5-6-10-23(20)15-27(14-22-11-12-25-26(13-22)31-19-30-25)16-24(28)18-29-17-21-8-3-2-4-9-21/h2-13,24,28H,14-19H2,1H3. The van der Waals surface area contributed by atoms with E-state index in [1.807, 2.05) is 48.5 Å². The molecular weight excluding hydrogens is 390 g/mol. The van der Waals surface area contributed by atoms with Crippen LogP contribution in [0.1, 0.15) is 22.3 Å². The number of rotatable bonds is 10. The minimum Gasteiger partial charge on any atom is -0.454 e. The Morgan fingerprint density at radius 3 is 2.52 bits per heavy atom. The van der Waals surface area contributed by atoms with E-state index >= 15 is 0 Å². The zero-order valence-corrected chi connectivity index (χ0v) is 17.9. The van der Waals surface area contributed by atoms with E-state index in [0.29, 0.717) is 26.3 Å². The summed E-state index contributed by atoms with van der Waals surface area (Å²) in [6, 6.07) is 24.4. The summed E-state index contributed by atoms with van der Waals surface area (Å²) in [5, 5.41) is 10.7. The molecule has 5 nitrogen and oxygen atoms in total. The van der Waals surface area contributed by atoms with Crippen LogP contribution in [0.3, 0.4) is 0 Å². The van der Waals surface area contributed by atoms with E-state index in [-0.39, 0.29) is 6.79 Å². The molecule has 1 N–H and O–H groups in total. The van der Waals surface area contributed by atoms with Gasteiger partial charge in [0.2, 0.25) is 6.79 Å². The molecule has 1 unspecified atom stereocenters. The monoisotopic (exact) mass is 419 g/mol. The number of hydrogen-bond donors (Lipinski definition) is 1. The second-order valence-electron chi connectivity index (χ2n) is 7.94. The normalized spacial score (nSPS) is 13.5. The van der Waals surface area contributed by atoms with Crippen LogP contribution in [0.4, 0.5) is 0 Å². The maximum atomic E-state index is 10.7. The minimum atomic E-state index is -0.582. The number of benzene rings is 3. The summed E-state index contributed by atoms with van der Waals surface area (Å²) in [6.45, 7) is 5.13. The summed E-state index contributed by atoms with van der Waals surface area (Å²) in [5.74, 6) is 1.56. The van der Waals surface area contributed by atoms with E-state index in [4.69, 9.17) is 14.2 Å². The molecule has 3 aromatic carbocycles. The van der Waals surface area contributed by atoms with Crippen molar-refractivity contribution in [2.75, 3.05) is 19.9 Å². The molecule has 0 saturated carbocycles. The average Bonchev–Trinajstić information content (AvgIpc) is 3.24. The third-order valence-corrected chi connectivity index (χ3v) is 5.39. The Morgan fingerprint density at radius 1 is 0.903 bits per heavy atom. The summed E-state index contributed by atoms with van der Waals surface area (Å²) in [4.78, 5) is 2.25. The second kappa shape index (κ2) is 10.4. The van der Waals surface area contributed by atoms with E-state index in [2.05, 4.69) is 36.1 Å². The molecule has 1 atom stereocenters. The molecule has 1 aliphatic rings. The van der Waals surface area contributed by atoms with Gasteiger partial charge in [-0.1, -0.05) is 60.7 Å². The first-order valence-electron chi connectivity index (χ1n) is 10.6. The third-order valence-electron chi connectivity index (χ3n) is 5.39. The Hall–Kier alpha value is -2.86. The smallest absolute Gasteiger partial charge is 0.231 e. The molecule has 162 valence electrons. The van der Waals surface area contributed by atoms with E-state index < -0.39 is 6.10 Å². The van der Waals surface area contributed by atoms with Crippen molar-refractivity contribution in [3.05, 3.63) is 95.1 Å². The fraction of sp³-hybridized carbons (Fsp3) is 0.308. The first kappa shape index (κ1) is 21.4. The van der Waals surface area contributed by atoms with Crippen molar-refractivity contribution in [3.8, 4) is 11.5 Å². The molecule has 0 aromatic heterocycles. The maximum Gasteiger partial charge on any atom is 0.231 e. The van der Waals surface area contributed by atoms with Crippen LogP contribution < -0.4 is 9.47 Å². The van der Waals surface area contributed by atoms with Gasteiger partial charge < -0.3 is 19.3 Å². The van der Waals surface area contributed by atoms with Gasteiger partial charge >= 0.3 is 0 Å². The summed E-state index contributed by atoms with van der Waals surface area (Å²) in [5.41, 5.74) is 4.72. The fourth-order valence-electron chi connectivity index (χ4n) is 3.75. The van der Waals surface area contributed by atoms with Gasteiger partial charge in [0.25, 0.3) is 0 Å². The van der Waals surface area contributed by atoms with Gasteiger partial charge in [0, 0.05) is 19.6 Å². The van der Waals surface area contributed by atoms with E-state index in [0.717, 1.165) is 29.2 Å². The second-order valence-corrected chi connectivity index (χ2v) is 7.94. The lowest BCUT2D eigenvalue weighted by Crippen LogP contribution is -2.34. The summed E-state index contributed by atoms with van der Waals surface area (Å²) in [6.07, 6.45) is -0.582. The van der Waals surface area contributed by atoms with Crippen LogP contribution in [-0.4, -0.2) is 36.1 Å². The van der Waals surface area contributed by atoms with Crippen molar-refractivity contribution in [2.24, 2.45) is 0 Å². The first-order valence-corrected chi connectivity index (χ1v) is 10.6. The number of ether oxygens (including phenoxy) is 3. The fourth-order valence-corrected chi connectivity index (χ4v) is 3.75. The van der Waals surface area contributed by atoms with Gasteiger partial charge in [0.05, 0.1) is 19.3 Å². The Bertz CT molecular complexity index is 976. The number of aryl methyl sites for hydroxylation is 1. The van der Waals surface area contributed by atoms with Crippen LogP contribution in [0.5, 0.6) is 11.5 Å². The van der Waals surface area contributed by atoms with Crippen LogP contribution in [0.25, 0.3) is 0 Å². The third kappa shape index (κ3) is 6.07. The Labute approximate surface area is 183 Å². The molecule has 0 fully saturated rings. The molecule has 0 bridgehead atoms. The quantitative estimate of drug-likeness (QED) is 0.531. The largest absolute Gasteiger partial charge is 0.454 e. The first-order chi connectivity index (χ1) is 15.2.